The molecule has 0 radical (unpaired) electrons. The van der Waals surface area contributed by atoms with Gasteiger partial charge in [-0.05, 0) is 41.5 Å². The minimum Gasteiger partial charge on any atom is -0.497 e. The van der Waals surface area contributed by atoms with E-state index in [0.717, 1.165) is 23.5 Å². The molecule has 1 heterocycles. The number of hydrogen-bond acceptors (Lipinski definition) is 3. The van der Waals surface area contributed by atoms with Gasteiger partial charge in [0.05, 0.1) is 20.2 Å². The highest BCUT2D eigenvalue weighted by Crippen LogP contribution is 2.15. The Bertz CT molecular complexity index is 825. The van der Waals surface area contributed by atoms with Crippen LogP contribution in [0, 0.1) is 0 Å². The number of benzene rings is 2. The molecule has 0 unspecified atom stereocenters. The number of nitrogens with one attached hydrogen (secondary N) is 1. The molecule has 3 rings (SSSR count). The highest BCUT2D eigenvalue weighted by Gasteiger charge is 1.99. The van der Waals surface area contributed by atoms with Crippen LogP contribution in [0.5, 0.6) is 5.75 Å². The Labute approximate surface area is 147 Å². The highest BCUT2D eigenvalue weighted by atomic mass is 16.5. The molecule has 6 heteroatoms. The Morgan fingerprint density at radius 3 is 2.68 bits per heavy atom. The van der Waals surface area contributed by atoms with E-state index in [1.807, 2.05) is 53.3 Å². The van der Waals surface area contributed by atoms with Crippen molar-refractivity contribution in [2.45, 2.75) is 13.1 Å². The van der Waals surface area contributed by atoms with Gasteiger partial charge in [0.2, 0.25) is 0 Å². The summed E-state index contributed by atoms with van der Waals surface area (Å²) in [6.07, 6.45) is 3.72. The molecule has 0 saturated heterocycles. The number of guanidine groups is 1. The van der Waals surface area contributed by atoms with Crippen LogP contribution >= 0.6 is 0 Å². The van der Waals surface area contributed by atoms with Crippen molar-refractivity contribution in [2.24, 2.45) is 10.7 Å². The van der Waals surface area contributed by atoms with Crippen LogP contribution in [0.2, 0.25) is 0 Å². The first-order chi connectivity index (χ1) is 12.2. The van der Waals surface area contributed by atoms with Gasteiger partial charge in [0, 0.05) is 18.1 Å². The van der Waals surface area contributed by atoms with Crippen molar-refractivity contribution in [1.29, 1.82) is 0 Å². The minimum atomic E-state index is 0.377. The van der Waals surface area contributed by atoms with E-state index in [9.17, 15) is 0 Å². The number of hydrogen-bond donors (Lipinski definition) is 2. The third-order valence-electron chi connectivity index (χ3n) is 3.69. The van der Waals surface area contributed by atoms with Crippen molar-refractivity contribution >= 4 is 11.6 Å². The first-order valence-corrected chi connectivity index (χ1v) is 7.99. The summed E-state index contributed by atoms with van der Waals surface area (Å²) in [4.78, 5) is 4.40. The quantitative estimate of drug-likeness (QED) is 0.536. The van der Waals surface area contributed by atoms with Gasteiger partial charge < -0.3 is 15.8 Å². The first-order valence-electron chi connectivity index (χ1n) is 7.99. The lowest BCUT2D eigenvalue weighted by atomic mass is 10.1. The molecule has 0 aliphatic heterocycles. The lowest BCUT2D eigenvalue weighted by Crippen LogP contribution is -2.22. The number of aliphatic imine (C=N–C) groups is 1. The number of anilines is 1. The Hall–Kier alpha value is -3.28. The molecule has 0 atom stereocenters. The van der Waals surface area contributed by atoms with E-state index in [-0.39, 0.29) is 0 Å². The van der Waals surface area contributed by atoms with Gasteiger partial charge in [0.25, 0.3) is 0 Å². The Morgan fingerprint density at radius 1 is 1.16 bits per heavy atom. The molecule has 0 aliphatic carbocycles. The number of aromatic nitrogens is 2. The number of rotatable bonds is 6. The summed E-state index contributed by atoms with van der Waals surface area (Å²) in [5.41, 5.74) is 9.12. The molecular formula is C19H21N5O. The van der Waals surface area contributed by atoms with Crippen molar-refractivity contribution in [2.75, 3.05) is 12.4 Å². The fourth-order valence-electron chi connectivity index (χ4n) is 2.45. The molecular weight excluding hydrogens is 314 g/mol. The smallest absolute Gasteiger partial charge is 0.193 e. The van der Waals surface area contributed by atoms with Crippen molar-refractivity contribution < 1.29 is 4.74 Å². The van der Waals surface area contributed by atoms with E-state index >= 15 is 0 Å². The standard InChI is InChI=1S/C19H21N5O/c1-25-18-8-6-17(7-9-18)23-19(20)21-13-15-4-2-5-16(12-15)14-24-11-3-10-22-24/h2-12H,13-14H2,1H3,(H3,20,21,23). The zero-order valence-corrected chi connectivity index (χ0v) is 14.1. The maximum Gasteiger partial charge on any atom is 0.193 e. The van der Waals surface area contributed by atoms with E-state index in [0.29, 0.717) is 12.5 Å². The molecule has 3 N–H and O–H groups in total. The molecule has 6 nitrogen and oxygen atoms in total. The van der Waals surface area contributed by atoms with Crippen molar-refractivity contribution in [3.05, 3.63) is 78.1 Å². The normalized spacial score (nSPS) is 11.3. The molecule has 2 aromatic carbocycles. The lowest BCUT2D eigenvalue weighted by Gasteiger charge is -2.07. The predicted octanol–water partition coefficient (Wildman–Crippen LogP) is 2.87. The minimum absolute atomic E-state index is 0.377. The fourth-order valence-corrected chi connectivity index (χ4v) is 2.45. The average Bonchev–Trinajstić information content (AvgIpc) is 3.14. The summed E-state index contributed by atoms with van der Waals surface area (Å²) in [5.74, 6) is 1.18. The van der Waals surface area contributed by atoms with E-state index in [2.05, 4.69) is 27.5 Å². The monoisotopic (exact) mass is 335 g/mol. The van der Waals surface area contributed by atoms with Gasteiger partial charge in [0.15, 0.2) is 5.96 Å². The van der Waals surface area contributed by atoms with Gasteiger partial charge in [-0.3, -0.25) is 4.68 Å². The molecule has 25 heavy (non-hydrogen) atoms. The van der Waals surface area contributed by atoms with E-state index < -0.39 is 0 Å². The fraction of sp³-hybridized carbons (Fsp3) is 0.158. The molecule has 1 aromatic heterocycles. The predicted molar refractivity (Wildman–Crippen MR) is 99.7 cm³/mol. The van der Waals surface area contributed by atoms with Gasteiger partial charge in [-0.1, -0.05) is 24.3 Å². The third-order valence-corrected chi connectivity index (χ3v) is 3.69. The summed E-state index contributed by atoms with van der Waals surface area (Å²) >= 11 is 0. The summed E-state index contributed by atoms with van der Waals surface area (Å²) in [6.45, 7) is 1.26. The molecule has 0 spiro atoms. The third kappa shape index (κ3) is 4.84. The maximum absolute atomic E-state index is 5.97. The summed E-state index contributed by atoms with van der Waals surface area (Å²) in [5, 5.41) is 7.30. The molecule has 0 bridgehead atoms. The first kappa shape index (κ1) is 16.6. The van der Waals surface area contributed by atoms with Gasteiger partial charge in [-0.15, -0.1) is 0 Å². The van der Waals surface area contributed by atoms with Crippen molar-refractivity contribution in [1.82, 2.24) is 9.78 Å². The average molecular weight is 335 g/mol. The number of nitrogens with zero attached hydrogens (tertiary/aromatic N) is 3. The summed E-state index contributed by atoms with van der Waals surface area (Å²) in [7, 11) is 1.64. The zero-order chi connectivity index (χ0) is 17.5. The number of nitrogens with two attached hydrogens (primary N) is 1. The van der Waals surface area contributed by atoms with E-state index in [1.54, 1.807) is 13.3 Å². The van der Waals surface area contributed by atoms with Gasteiger partial charge in [-0.2, -0.15) is 5.10 Å². The van der Waals surface area contributed by atoms with Gasteiger partial charge in [0.1, 0.15) is 5.75 Å². The highest BCUT2D eigenvalue weighted by molar-refractivity contribution is 5.92. The van der Waals surface area contributed by atoms with Crippen LogP contribution in [-0.2, 0) is 13.1 Å². The Morgan fingerprint density at radius 2 is 1.96 bits per heavy atom. The van der Waals surface area contributed by atoms with Crippen LogP contribution in [0.1, 0.15) is 11.1 Å². The molecule has 0 amide bonds. The number of methoxy groups -OCH3 is 1. The van der Waals surface area contributed by atoms with Crippen LogP contribution in [0.15, 0.2) is 72.0 Å². The summed E-state index contributed by atoms with van der Waals surface area (Å²) in [6, 6.07) is 17.7. The SMILES string of the molecule is COc1ccc(NC(N)=NCc2cccc(Cn3cccn3)c2)cc1. The van der Waals surface area contributed by atoms with Gasteiger partial charge >= 0.3 is 0 Å². The molecule has 128 valence electrons. The van der Waals surface area contributed by atoms with Crippen LogP contribution in [0.4, 0.5) is 5.69 Å². The van der Waals surface area contributed by atoms with Crippen LogP contribution in [0.25, 0.3) is 0 Å². The molecule has 0 aliphatic rings. The van der Waals surface area contributed by atoms with Crippen molar-refractivity contribution in [3.63, 3.8) is 0 Å². The van der Waals surface area contributed by atoms with E-state index in [1.165, 1.54) is 5.56 Å². The molecule has 0 fully saturated rings. The van der Waals surface area contributed by atoms with E-state index in [4.69, 9.17) is 10.5 Å². The van der Waals surface area contributed by atoms with Crippen LogP contribution in [0.3, 0.4) is 0 Å². The van der Waals surface area contributed by atoms with Crippen molar-refractivity contribution in [3.8, 4) is 5.75 Å². The topological polar surface area (TPSA) is 77.5 Å². The number of ether oxygens (including phenoxy) is 1. The maximum atomic E-state index is 5.97. The van der Waals surface area contributed by atoms with Crippen LogP contribution in [-0.4, -0.2) is 22.8 Å². The zero-order valence-electron chi connectivity index (χ0n) is 14.1. The van der Waals surface area contributed by atoms with Crippen LogP contribution < -0.4 is 15.8 Å². The second-order valence-corrected chi connectivity index (χ2v) is 5.58. The second-order valence-electron chi connectivity index (χ2n) is 5.58. The molecule has 0 saturated carbocycles. The van der Waals surface area contributed by atoms with Gasteiger partial charge in [-0.25, -0.2) is 4.99 Å². The Balaban J connectivity index is 1.60. The largest absolute Gasteiger partial charge is 0.497 e. The Kier molecular flexibility index (Phi) is 5.31. The summed E-state index contributed by atoms with van der Waals surface area (Å²) < 4.78 is 7.02. The molecule has 3 aromatic rings. The lowest BCUT2D eigenvalue weighted by molar-refractivity contribution is 0.415. The second kappa shape index (κ2) is 8.01.